The molecule has 1 aromatic heterocycles. The first-order chi connectivity index (χ1) is 10.4. The predicted molar refractivity (Wildman–Crippen MR) is 84.0 cm³/mol. The number of hydrogen-bond donors (Lipinski definition) is 0. The Morgan fingerprint density at radius 2 is 2.14 bits per heavy atom. The van der Waals surface area contributed by atoms with Gasteiger partial charge >= 0.3 is 0 Å². The molecule has 0 saturated heterocycles. The highest BCUT2D eigenvalue weighted by Gasteiger charge is 2.21. The van der Waals surface area contributed by atoms with Crippen molar-refractivity contribution in [3.8, 4) is 5.75 Å². The maximum atomic E-state index is 12.4. The topological polar surface area (TPSA) is 55.6 Å². The monoisotopic (exact) mass is 322 g/mol. The van der Waals surface area contributed by atoms with Gasteiger partial charge < -0.3 is 14.2 Å². The number of carbonyl (C=O) groups is 1. The summed E-state index contributed by atoms with van der Waals surface area (Å²) < 4.78 is 10.7. The molecule has 0 fully saturated rings. The van der Waals surface area contributed by atoms with Crippen LogP contribution in [0.25, 0.3) is 0 Å². The third-order valence-corrected chi connectivity index (χ3v) is 3.50. The van der Waals surface area contributed by atoms with Gasteiger partial charge in [0.2, 0.25) is 0 Å². The van der Waals surface area contributed by atoms with Gasteiger partial charge in [-0.2, -0.15) is 0 Å². The molecule has 1 amide bonds. The minimum Gasteiger partial charge on any atom is -0.479 e. The maximum Gasteiger partial charge on any atom is 0.263 e. The lowest BCUT2D eigenvalue weighted by Gasteiger charge is -2.21. The van der Waals surface area contributed by atoms with Crippen LogP contribution in [-0.4, -0.2) is 29.1 Å². The van der Waals surface area contributed by atoms with Gasteiger partial charge in [-0.3, -0.25) is 4.79 Å². The fourth-order valence-electron chi connectivity index (χ4n) is 2.07. The van der Waals surface area contributed by atoms with E-state index < -0.39 is 6.10 Å². The highest BCUT2D eigenvalue weighted by Crippen LogP contribution is 2.26. The number of aromatic nitrogens is 1. The Hall–Kier alpha value is -2.01. The van der Waals surface area contributed by atoms with Crippen LogP contribution in [-0.2, 0) is 11.3 Å². The highest BCUT2D eigenvalue weighted by atomic mass is 35.5. The molecule has 0 radical (unpaired) electrons. The molecule has 0 aliphatic carbocycles. The molecule has 1 aromatic carbocycles. The molecule has 6 heteroatoms. The third-order valence-electron chi connectivity index (χ3n) is 3.19. The summed E-state index contributed by atoms with van der Waals surface area (Å²) in [6, 6.07) is 7.26. The average Bonchev–Trinajstić information content (AvgIpc) is 2.87. The van der Waals surface area contributed by atoms with Gasteiger partial charge in [-0.15, -0.1) is 0 Å². The first-order valence-corrected chi connectivity index (χ1v) is 7.34. The van der Waals surface area contributed by atoms with Gasteiger partial charge in [-0.1, -0.05) is 22.8 Å². The van der Waals surface area contributed by atoms with Crippen molar-refractivity contribution in [2.45, 2.75) is 33.4 Å². The number of halogens is 1. The van der Waals surface area contributed by atoms with E-state index in [2.05, 4.69) is 5.16 Å². The summed E-state index contributed by atoms with van der Waals surface area (Å²) in [4.78, 5) is 13.9. The number of rotatable bonds is 5. The zero-order valence-electron chi connectivity index (χ0n) is 13.1. The Balaban J connectivity index is 2.00. The molecule has 0 aliphatic heterocycles. The molecule has 2 rings (SSSR count). The van der Waals surface area contributed by atoms with Crippen LogP contribution < -0.4 is 4.74 Å². The van der Waals surface area contributed by atoms with E-state index in [1.54, 1.807) is 31.0 Å². The van der Waals surface area contributed by atoms with E-state index in [-0.39, 0.29) is 5.91 Å². The largest absolute Gasteiger partial charge is 0.479 e. The van der Waals surface area contributed by atoms with Crippen molar-refractivity contribution in [1.82, 2.24) is 10.1 Å². The second-order valence-corrected chi connectivity index (χ2v) is 5.72. The summed E-state index contributed by atoms with van der Waals surface area (Å²) in [6.07, 6.45) is -0.641. The van der Waals surface area contributed by atoms with Crippen molar-refractivity contribution in [3.05, 3.63) is 46.3 Å². The lowest BCUT2D eigenvalue weighted by atomic mass is 10.2. The number of aryl methyl sites for hydroxylation is 2. The quantitative estimate of drug-likeness (QED) is 0.847. The van der Waals surface area contributed by atoms with Crippen LogP contribution in [0, 0.1) is 13.8 Å². The van der Waals surface area contributed by atoms with Crippen molar-refractivity contribution in [2.75, 3.05) is 7.05 Å². The zero-order valence-corrected chi connectivity index (χ0v) is 13.8. The standard InChI is InChI=1S/C16H19ClN2O3/c1-10-5-6-14(17)15(7-10)21-12(3)16(20)19(4)9-13-8-11(2)22-18-13/h5-8,12H,9H2,1-4H3. The minimum atomic E-state index is -0.641. The summed E-state index contributed by atoms with van der Waals surface area (Å²) in [6.45, 7) is 5.81. The Labute approximate surface area is 134 Å². The van der Waals surface area contributed by atoms with Crippen molar-refractivity contribution >= 4 is 17.5 Å². The molecule has 1 heterocycles. The molecular formula is C16H19ClN2O3. The normalized spacial score (nSPS) is 12.0. The van der Waals surface area contributed by atoms with E-state index in [9.17, 15) is 4.79 Å². The van der Waals surface area contributed by atoms with Gasteiger partial charge in [0.15, 0.2) is 6.10 Å². The van der Waals surface area contributed by atoms with Gasteiger partial charge in [0.1, 0.15) is 17.2 Å². The molecule has 0 bridgehead atoms. The molecule has 5 nitrogen and oxygen atoms in total. The molecule has 118 valence electrons. The second kappa shape index (κ2) is 6.83. The summed E-state index contributed by atoms with van der Waals surface area (Å²) >= 11 is 6.08. The fourth-order valence-corrected chi connectivity index (χ4v) is 2.23. The van der Waals surface area contributed by atoms with E-state index in [0.29, 0.717) is 28.8 Å². The van der Waals surface area contributed by atoms with E-state index in [1.807, 2.05) is 26.0 Å². The highest BCUT2D eigenvalue weighted by molar-refractivity contribution is 6.32. The smallest absolute Gasteiger partial charge is 0.263 e. The molecule has 1 unspecified atom stereocenters. The van der Waals surface area contributed by atoms with Crippen molar-refractivity contribution in [2.24, 2.45) is 0 Å². The lowest BCUT2D eigenvalue weighted by Crippen LogP contribution is -2.37. The Morgan fingerprint density at radius 3 is 2.77 bits per heavy atom. The summed E-state index contributed by atoms with van der Waals surface area (Å²) in [5.74, 6) is 1.07. The van der Waals surface area contributed by atoms with E-state index in [4.69, 9.17) is 20.9 Å². The van der Waals surface area contributed by atoms with Gasteiger partial charge in [-0.25, -0.2) is 0 Å². The number of nitrogens with zero attached hydrogens (tertiary/aromatic N) is 2. The number of benzene rings is 1. The summed E-state index contributed by atoms with van der Waals surface area (Å²) in [5.41, 5.74) is 1.72. The molecule has 0 aliphatic rings. The van der Waals surface area contributed by atoms with Crippen LogP contribution in [0.5, 0.6) is 5.75 Å². The molecule has 0 saturated carbocycles. The minimum absolute atomic E-state index is 0.154. The van der Waals surface area contributed by atoms with E-state index >= 15 is 0 Å². The van der Waals surface area contributed by atoms with Crippen molar-refractivity contribution < 1.29 is 14.1 Å². The number of likely N-dealkylation sites (N-methyl/N-ethyl adjacent to an activating group) is 1. The molecule has 1 atom stereocenters. The maximum absolute atomic E-state index is 12.4. The predicted octanol–water partition coefficient (Wildman–Crippen LogP) is 3.37. The van der Waals surface area contributed by atoms with Crippen LogP contribution in [0.3, 0.4) is 0 Å². The fraction of sp³-hybridized carbons (Fsp3) is 0.375. The van der Waals surface area contributed by atoms with Crippen LogP contribution in [0.4, 0.5) is 0 Å². The molecule has 2 aromatic rings. The van der Waals surface area contributed by atoms with Crippen molar-refractivity contribution in [3.63, 3.8) is 0 Å². The van der Waals surface area contributed by atoms with Gasteiger partial charge in [0.05, 0.1) is 11.6 Å². The molecule has 0 spiro atoms. The number of carbonyl (C=O) groups excluding carboxylic acids is 1. The van der Waals surface area contributed by atoms with Crippen LogP contribution >= 0.6 is 11.6 Å². The number of ether oxygens (including phenoxy) is 1. The first kappa shape index (κ1) is 16.4. The second-order valence-electron chi connectivity index (χ2n) is 5.32. The Kier molecular flexibility index (Phi) is 5.08. The summed E-state index contributed by atoms with van der Waals surface area (Å²) in [7, 11) is 1.70. The van der Waals surface area contributed by atoms with Gasteiger partial charge in [0, 0.05) is 13.1 Å². The zero-order chi connectivity index (χ0) is 16.3. The lowest BCUT2D eigenvalue weighted by molar-refractivity contribution is -0.137. The van der Waals surface area contributed by atoms with E-state index in [0.717, 1.165) is 5.56 Å². The molecule has 0 N–H and O–H groups in total. The van der Waals surface area contributed by atoms with Crippen LogP contribution in [0.2, 0.25) is 5.02 Å². The third kappa shape index (κ3) is 4.01. The number of amides is 1. The molecule has 22 heavy (non-hydrogen) atoms. The summed E-state index contributed by atoms with van der Waals surface area (Å²) in [5, 5.41) is 4.36. The average molecular weight is 323 g/mol. The Morgan fingerprint density at radius 1 is 1.41 bits per heavy atom. The van der Waals surface area contributed by atoms with Crippen molar-refractivity contribution in [1.29, 1.82) is 0 Å². The van der Waals surface area contributed by atoms with Gasteiger partial charge in [0.25, 0.3) is 5.91 Å². The van der Waals surface area contributed by atoms with Crippen LogP contribution in [0.1, 0.15) is 23.9 Å². The van der Waals surface area contributed by atoms with Gasteiger partial charge in [-0.05, 0) is 38.5 Å². The SMILES string of the molecule is Cc1ccc(Cl)c(OC(C)C(=O)N(C)Cc2cc(C)on2)c1. The molecular weight excluding hydrogens is 304 g/mol. The van der Waals surface area contributed by atoms with Crippen LogP contribution in [0.15, 0.2) is 28.8 Å². The first-order valence-electron chi connectivity index (χ1n) is 6.97. The number of hydrogen-bond acceptors (Lipinski definition) is 4. The van der Waals surface area contributed by atoms with E-state index in [1.165, 1.54) is 0 Å². The Bertz CT molecular complexity index is 669.